The lowest BCUT2D eigenvalue weighted by Crippen LogP contribution is -3.00. The summed E-state index contributed by atoms with van der Waals surface area (Å²) in [6, 6.07) is 25.6. The van der Waals surface area contributed by atoms with E-state index in [1.54, 1.807) is 10.2 Å². The van der Waals surface area contributed by atoms with Gasteiger partial charge >= 0.3 is 6.01 Å². The molecule has 1 aliphatic rings. The van der Waals surface area contributed by atoms with Crippen LogP contribution in [0.4, 0.5) is 11.7 Å². The summed E-state index contributed by atoms with van der Waals surface area (Å²) in [5.41, 5.74) is 5.29. The highest BCUT2D eigenvalue weighted by Gasteiger charge is 2.34. The average Bonchev–Trinajstić information content (AvgIpc) is 3.33. The van der Waals surface area contributed by atoms with Gasteiger partial charge in [0.15, 0.2) is 5.58 Å². The number of hydrogen-bond donors (Lipinski definition) is 1. The molecule has 0 unspecified atom stereocenters. The first-order valence-corrected chi connectivity index (χ1v) is 8.85. The van der Waals surface area contributed by atoms with Crippen molar-refractivity contribution < 1.29 is 22.2 Å². The molecule has 8 heteroatoms. The van der Waals surface area contributed by atoms with Crippen molar-refractivity contribution in [3.8, 4) is 0 Å². The number of halogens is 2. The minimum atomic E-state index is 0. The molecule has 1 aliphatic heterocycles. The number of oxazole rings is 1. The molecule has 0 radical (unpaired) electrons. The SMILES string of the molecule is Clc1ccc(N2N=C(c3ccccc3)[NH2+]N2c2nc3ccccc3o2)cc1.[Cl-]. The number of benzene rings is 3. The summed E-state index contributed by atoms with van der Waals surface area (Å²) in [5.74, 6) is 0.813. The van der Waals surface area contributed by atoms with Gasteiger partial charge in [-0.25, -0.2) is 0 Å². The highest BCUT2D eigenvalue weighted by atomic mass is 35.5. The fourth-order valence-electron chi connectivity index (χ4n) is 2.94. The lowest BCUT2D eigenvalue weighted by molar-refractivity contribution is -0.547. The maximum Gasteiger partial charge on any atom is 0.370 e. The fourth-order valence-corrected chi connectivity index (χ4v) is 3.06. The van der Waals surface area contributed by atoms with Crippen LogP contribution in [0, 0.1) is 0 Å². The predicted octanol–water partition coefficient (Wildman–Crippen LogP) is 0.567. The monoisotopic (exact) mass is 411 g/mol. The van der Waals surface area contributed by atoms with Crippen LogP contribution in [0.15, 0.2) is 88.4 Å². The Morgan fingerprint density at radius 1 is 0.857 bits per heavy atom. The van der Waals surface area contributed by atoms with E-state index in [9.17, 15) is 0 Å². The molecule has 3 aromatic carbocycles. The van der Waals surface area contributed by atoms with Gasteiger partial charge < -0.3 is 16.8 Å². The van der Waals surface area contributed by atoms with Gasteiger partial charge in [0, 0.05) is 5.02 Å². The first kappa shape index (κ1) is 18.3. The van der Waals surface area contributed by atoms with Crippen LogP contribution in [0.3, 0.4) is 0 Å². The first-order chi connectivity index (χ1) is 13.3. The van der Waals surface area contributed by atoms with Crippen LogP contribution < -0.4 is 28.1 Å². The van der Waals surface area contributed by atoms with Crippen molar-refractivity contribution in [1.29, 1.82) is 0 Å². The number of nitrogens with two attached hydrogens (primary N) is 1. The number of hydrazine groups is 1. The third-order valence-electron chi connectivity index (χ3n) is 4.26. The molecular formula is C20H15Cl2N5O. The van der Waals surface area contributed by atoms with Crippen molar-refractivity contribution in [2.75, 3.05) is 10.2 Å². The zero-order chi connectivity index (χ0) is 18.2. The second-order valence-corrected chi connectivity index (χ2v) is 6.49. The molecular weight excluding hydrogens is 397 g/mol. The Hall–Kier alpha value is -3.06. The number of rotatable bonds is 3. The van der Waals surface area contributed by atoms with Crippen LogP contribution in [0.25, 0.3) is 11.1 Å². The van der Waals surface area contributed by atoms with E-state index in [-0.39, 0.29) is 12.4 Å². The number of aromatic nitrogens is 1. The van der Waals surface area contributed by atoms with E-state index in [0.717, 1.165) is 28.2 Å². The molecule has 2 N–H and O–H groups in total. The van der Waals surface area contributed by atoms with Gasteiger partial charge in [0.1, 0.15) is 5.52 Å². The van der Waals surface area contributed by atoms with Crippen LogP contribution in [-0.2, 0) is 0 Å². The maximum absolute atomic E-state index is 6.04. The molecule has 0 amide bonds. The lowest BCUT2D eigenvalue weighted by atomic mass is 10.2. The first-order valence-electron chi connectivity index (χ1n) is 8.47. The number of para-hydroxylation sites is 2. The van der Waals surface area contributed by atoms with Crippen molar-refractivity contribution in [3.63, 3.8) is 0 Å². The van der Waals surface area contributed by atoms with Crippen molar-refractivity contribution in [2.24, 2.45) is 5.10 Å². The molecule has 28 heavy (non-hydrogen) atoms. The molecule has 4 aromatic rings. The molecule has 140 valence electrons. The lowest BCUT2D eigenvalue weighted by Gasteiger charge is -2.19. The zero-order valence-electron chi connectivity index (χ0n) is 14.5. The molecule has 5 rings (SSSR count). The van der Waals surface area contributed by atoms with Crippen LogP contribution in [0.5, 0.6) is 0 Å². The highest BCUT2D eigenvalue weighted by molar-refractivity contribution is 6.30. The number of hydrogen-bond acceptors (Lipinski definition) is 5. The van der Waals surface area contributed by atoms with Crippen LogP contribution in [-0.4, -0.2) is 10.8 Å². The predicted molar refractivity (Wildman–Crippen MR) is 105 cm³/mol. The van der Waals surface area contributed by atoms with Gasteiger partial charge in [-0.1, -0.05) is 47.0 Å². The number of quaternary nitrogens is 1. The van der Waals surface area contributed by atoms with E-state index in [1.807, 2.05) is 84.3 Å². The quantitative estimate of drug-likeness (QED) is 0.500. The molecule has 6 nitrogen and oxygen atoms in total. The standard InChI is InChI=1S/C20H14ClN5O.ClH/c21-15-10-12-16(13-11-15)25-23-19(14-6-2-1-3-7-14)24-26(25)20-22-17-8-4-5-9-18(17)27-20;/h1-13H,(H,23,24);1H. The molecule has 0 saturated heterocycles. The Labute approximate surface area is 172 Å². The number of anilines is 2. The number of hydrazone groups is 1. The maximum atomic E-state index is 6.04. The molecule has 0 bridgehead atoms. The molecule has 1 aromatic heterocycles. The average molecular weight is 412 g/mol. The number of fused-ring (bicyclic) bond motifs is 1. The third-order valence-corrected chi connectivity index (χ3v) is 4.51. The summed E-state index contributed by atoms with van der Waals surface area (Å²) in [4.78, 5) is 4.60. The summed E-state index contributed by atoms with van der Waals surface area (Å²) >= 11 is 6.04. The van der Waals surface area contributed by atoms with Crippen molar-refractivity contribution >= 4 is 40.2 Å². The minimum Gasteiger partial charge on any atom is -1.00 e. The van der Waals surface area contributed by atoms with E-state index in [0.29, 0.717) is 11.0 Å². The number of nitrogens with zero attached hydrogens (tertiary/aromatic N) is 4. The fraction of sp³-hybridized carbons (Fsp3) is 0. The Morgan fingerprint density at radius 2 is 1.57 bits per heavy atom. The van der Waals surface area contributed by atoms with E-state index < -0.39 is 0 Å². The smallest absolute Gasteiger partial charge is 0.370 e. The molecule has 0 saturated carbocycles. The van der Waals surface area contributed by atoms with E-state index in [4.69, 9.17) is 21.1 Å². The van der Waals surface area contributed by atoms with E-state index >= 15 is 0 Å². The van der Waals surface area contributed by atoms with Crippen LogP contribution >= 0.6 is 11.6 Å². The van der Waals surface area contributed by atoms with Gasteiger partial charge in [0.2, 0.25) is 0 Å². The van der Waals surface area contributed by atoms with Gasteiger partial charge in [-0.2, -0.15) is 10.4 Å². The van der Waals surface area contributed by atoms with E-state index in [1.165, 1.54) is 0 Å². The molecule has 0 spiro atoms. The normalized spacial score (nSPS) is 13.5. The Kier molecular flexibility index (Phi) is 4.92. The number of amidine groups is 1. The molecule has 0 fully saturated rings. The Bertz CT molecular complexity index is 1100. The van der Waals surface area contributed by atoms with Gasteiger partial charge in [0.05, 0.1) is 11.3 Å². The Morgan fingerprint density at radius 3 is 2.32 bits per heavy atom. The van der Waals surface area contributed by atoms with Gasteiger partial charge in [0.25, 0.3) is 5.84 Å². The third kappa shape index (κ3) is 3.29. The topological polar surface area (TPSA) is 61.5 Å². The summed E-state index contributed by atoms with van der Waals surface area (Å²) in [5, 5.41) is 8.98. The molecule has 0 aliphatic carbocycles. The van der Waals surface area contributed by atoms with Crippen LogP contribution in [0.2, 0.25) is 5.02 Å². The van der Waals surface area contributed by atoms with Crippen LogP contribution in [0.1, 0.15) is 5.56 Å². The molecule has 0 atom stereocenters. The van der Waals surface area contributed by atoms with Gasteiger partial charge in [-0.05, 0) is 53.6 Å². The summed E-state index contributed by atoms with van der Waals surface area (Å²) < 4.78 is 5.95. The molecule has 2 heterocycles. The Balaban J connectivity index is 0.00000192. The summed E-state index contributed by atoms with van der Waals surface area (Å²) in [6.45, 7) is 0. The minimum absolute atomic E-state index is 0. The second-order valence-electron chi connectivity index (χ2n) is 6.05. The van der Waals surface area contributed by atoms with Crippen molar-refractivity contribution in [1.82, 2.24) is 4.98 Å². The summed E-state index contributed by atoms with van der Waals surface area (Å²) in [6.07, 6.45) is 0. The largest absolute Gasteiger partial charge is 1.00 e. The van der Waals surface area contributed by atoms with Crippen molar-refractivity contribution in [3.05, 3.63) is 89.4 Å². The summed E-state index contributed by atoms with van der Waals surface area (Å²) in [7, 11) is 0. The second kappa shape index (κ2) is 7.52. The van der Waals surface area contributed by atoms with E-state index in [2.05, 4.69) is 4.98 Å². The van der Waals surface area contributed by atoms with Gasteiger partial charge in [-0.15, -0.1) is 5.12 Å². The van der Waals surface area contributed by atoms with Gasteiger partial charge in [-0.3, -0.25) is 0 Å². The van der Waals surface area contributed by atoms with Crippen molar-refractivity contribution in [2.45, 2.75) is 0 Å². The zero-order valence-corrected chi connectivity index (χ0v) is 16.0. The highest BCUT2D eigenvalue weighted by Crippen LogP contribution is 2.26.